The number of ketones is 1. The van der Waals surface area contributed by atoms with Crippen molar-refractivity contribution in [3.8, 4) is 22.8 Å². The van der Waals surface area contributed by atoms with Crippen LogP contribution < -0.4 is 4.74 Å². The number of carbonyl (C=O) groups is 1. The smallest absolute Gasteiger partial charge is 0.225 e. The van der Waals surface area contributed by atoms with Gasteiger partial charge in [0.15, 0.2) is 5.78 Å². The Morgan fingerprint density at radius 2 is 1.54 bits per heavy atom. The molecule has 5 rings (SSSR count). The summed E-state index contributed by atoms with van der Waals surface area (Å²) in [4.78, 5) is 14.7. The van der Waals surface area contributed by atoms with E-state index in [0.717, 1.165) is 21.9 Å². The molecule has 0 atom stereocenters. The zero-order chi connectivity index (χ0) is 23.9. The molecule has 0 aliphatic carbocycles. The summed E-state index contributed by atoms with van der Waals surface area (Å²) in [5.41, 5.74) is 2.08. The molecule has 0 bridgehead atoms. The predicted molar refractivity (Wildman–Crippen MR) is 137 cm³/mol. The minimum absolute atomic E-state index is 0. The standard InChI is InChI=1S/C25H16NO.C5H8O2.Ir/c1-3-9-18(10-4-1)24-23-16-20-12-8-7-11-19(20)15-21(23)17-26-25(24)27-22-13-5-2-6-14-22;1-4(6)3-5(2)7;/h1-13,15-17H;3,6H,1-2H3;/q-1;;/b;4-3-;. The number of aromatic nitrogens is 1. The summed E-state index contributed by atoms with van der Waals surface area (Å²) in [6.45, 7) is 2.85. The second kappa shape index (κ2) is 12.1. The molecule has 4 nitrogen and oxygen atoms in total. The van der Waals surface area contributed by atoms with Gasteiger partial charge in [0.05, 0.1) is 11.3 Å². The molecular formula is C30H24IrNO3-. The third kappa shape index (κ3) is 6.63. The fourth-order valence-electron chi connectivity index (χ4n) is 3.69. The first-order valence-electron chi connectivity index (χ1n) is 10.9. The maximum absolute atomic E-state index is 10.0. The van der Waals surface area contributed by atoms with E-state index in [-0.39, 0.29) is 31.6 Å². The number of aliphatic hydroxyl groups is 1. The van der Waals surface area contributed by atoms with E-state index in [1.807, 2.05) is 48.7 Å². The molecule has 1 radical (unpaired) electrons. The van der Waals surface area contributed by atoms with Gasteiger partial charge in [-0.2, -0.15) is 18.2 Å². The molecule has 4 aromatic carbocycles. The summed E-state index contributed by atoms with van der Waals surface area (Å²) >= 11 is 0. The Morgan fingerprint density at radius 1 is 0.886 bits per heavy atom. The summed E-state index contributed by atoms with van der Waals surface area (Å²) in [7, 11) is 0. The average Bonchev–Trinajstić information content (AvgIpc) is 2.83. The number of benzene rings is 4. The van der Waals surface area contributed by atoms with Crippen molar-refractivity contribution in [2.75, 3.05) is 0 Å². The van der Waals surface area contributed by atoms with E-state index >= 15 is 0 Å². The largest absolute Gasteiger partial charge is 0.512 e. The van der Waals surface area contributed by atoms with E-state index < -0.39 is 0 Å². The summed E-state index contributed by atoms with van der Waals surface area (Å²) in [6, 6.07) is 33.7. The van der Waals surface area contributed by atoms with E-state index in [1.165, 1.54) is 30.7 Å². The average molecular weight is 639 g/mol. The molecule has 1 aromatic heterocycles. The summed E-state index contributed by atoms with van der Waals surface area (Å²) in [5, 5.41) is 13.0. The molecule has 0 saturated heterocycles. The molecule has 0 aliphatic heterocycles. The minimum atomic E-state index is -0.125. The molecule has 5 aromatic rings. The number of fused-ring (bicyclic) bond motifs is 2. The van der Waals surface area contributed by atoms with Crippen molar-refractivity contribution in [1.82, 2.24) is 4.98 Å². The molecule has 5 heteroatoms. The Morgan fingerprint density at radius 3 is 2.14 bits per heavy atom. The second-order valence-electron chi connectivity index (χ2n) is 7.82. The van der Waals surface area contributed by atoms with Crippen LogP contribution in [0.25, 0.3) is 32.7 Å². The van der Waals surface area contributed by atoms with Gasteiger partial charge >= 0.3 is 0 Å². The molecule has 0 spiro atoms. The van der Waals surface area contributed by atoms with Crippen LogP contribution in [0.1, 0.15) is 13.8 Å². The van der Waals surface area contributed by atoms with Gasteiger partial charge in [0, 0.05) is 43.5 Å². The Bertz CT molecular complexity index is 1460. The van der Waals surface area contributed by atoms with Gasteiger partial charge in [0.2, 0.25) is 5.88 Å². The van der Waals surface area contributed by atoms with Crippen LogP contribution in [-0.2, 0) is 24.9 Å². The van der Waals surface area contributed by atoms with Crippen molar-refractivity contribution >= 4 is 27.3 Å². The minimum Gasteiger partial charge on any atom is -0.512 e. The van der Waals surface area contributed by atoms with Gasteiger partial charge in [-0.25, -0.2) is 4.98 Å². The number of hydrogen-bond donors (Lipinski definition) is 1. The van der Waals surface area contributed by atoms with Crippen molar-refractivity contribution in [2.24, 2.45) is 0 Å². The molecule has 35 heavy (non-hydrogen) atoms. The first-order chi connectivity index (χ1) is 16.5. The number of para-hydroxylation sites is 1. The molecule has 0 saturated carbocycles. The van der Waals surface area contributed by atoms with E-state index in [1.54, 1.807) is 0 Å². The van der Waals surface area contributed by atoms with Crippen LogP contribution >= 0.6 is 0 Å². The second-order valence-corrected chi connectivity index (χ2v) is 7.82. The SMILES string of the molecule is CC(=O)/C=C(/C)O.[Ir].[c-]1ccccc1Oc1ncc2cc3ccccc3cc2c1-c1ccccc1. The van der Waals surface area contributed by atoms with Crippen LogP contribution in [0.5, 0.6) is 11.6 Å². The van der Waals surface area contributed by atoms with Crippen molar-refractivity contribution in [1.29, 1.82) is 0 Å². The van der Waals surface area contributed by atoms with Gasteiger partial charge in [-0.15, -0.1) is 12.1 Å². The number of carbonyl (C=O) groups excluding carboxylic acids is 1. The fourth-order valence-corrected chi connectivity index (χ4v) is 3.69. The Kier molecular flexibility index (Phi) is 8.91. The predicted octanol–water partition coefficient (Wildman–Crippen LogP) is 7.68. The summed E-state index contributed by atoms with van der Waals surface area (Å²) in [6.07, 6.45) is 3.05. The van der Waals surface area contributed by atoms with Crippen LogP contribution in [0.15, 0.2) is 109 Å². The zero-order valence-corrected chi connectivity index (χ0v) is 21.8. The quantitative estimate of drug-likeness (QED) is 0.0950. The van der Waals surface area contributed by atoms with E-state index in [0.29, 0.717) is 11.6 Å². The van der Waals surface area contributed by atoms with Gasteiger partial charge in [-0.05, 0) is 47.7 Å². The maximum atomic E-state index is 10.0. The number of nitrogens with zero attached hydrogens (tertiary/aromatic N) is 1. The number of ether oxygens (including phenoxy) is 1. The topological polar surface area (TPSA) is 59.4 Å². The van der Waals surface area contributed by atoms with Crippen LogP contribution in [0.2, 0.25) is 0 Å². The fraction of sp³-hybridized carbons (Fsp3) is 0.0667. The number of aliphatic hydroxyl groups excluding tert-OH is 1. The third-order valence-corrected chi connectivity index (χ3v) is 5.08. The molecule has 0 aliphatic rings. The molecule has 1 N–H and O–H groups in total. The van der Waals surface area contributed by atoms with Gasteiger partial charge in [-0.1, -0.05) is 54.6 Å². The van der Waals surface area contributed by atoms with Crippen LogP contribution in [0.4, 0.5) is 0 Å². The molecule has 1 heterocycles. The zero-order valence-electron chi connectivity index (χ0n) is 19.4. The molecule has 177 valence electrons. The summed E-state index contributed by atoms with van der Waals surface area (Å²) < 4.78 is 6.12. The van der Waals surface area contributed by atoms with Crippen LogP contribution in [0, 0.1) is 6.07 Å². The van der Waals surface area contributed by atoms with Crippen LogP contribution in [0.3, 0.4) is 0 Å². The molecular weight excluding hydrogens is 615 g/mol. The Labute approximate surface area is 218 Å². The van der Waals surface area contributed by atoms with E-state index in [4.69, 9.17) is 9.84 Å². The van der Waals surface area contributed by atoms with Gasteiger partial charge in [-0.3, -0.25) is 4.79 Å². The number of pyridine rings is 1. The van der Waals surface area contributed by atoms with Gasteiger partial charge < -0.3 is 9.84 Å². The van der Waals surface area contributed by atoms with Crippen molar-refractivity contribution in [3.05, 3.63) is 115 Å². The monoisotopic (exact) mass is 639 g/mol. The van der Waals surface area contributed by atoms with Crippen LogP contribution in [-0.4, -0.2) is 15.9 Å². The van der Waals surface area contributed by atoms with Gasteiger partial charge in [0.1, 0.15) is 0 Å². The normalized spacial score (nSPS) is 10.7. The van der Waals surface area contributed by atoms with Crippen molar-refractivity contribution < 1.29 is 34.7 Å². The third-order valence-electron chi connectivity index (χ3n) is 5.08. The van der Waals surface area contributed by atoms with Crippen molar-refractivity contribution in [3.63, 3.8) is 0 Å². The van der Waals surface area contributed by atoms with Crippen molar-refractivity contribution in [2.45, 2.75) is 13.8 Å². The first kappa shape index (κ1) is 25.8. The maximum Gasteiger partial charge on any atom is 0.225 e. The Hall–Kier alpha value is -3.79. The number of hydrogen-bond acceptors (Lipinski definition) is 4. The molecule has 0 unspecified atom stereocenters. The first-order valence-corrected chi connectivity index (χ1v) is 10.9. The molecule has 0 fully saturated rings. The number of rotatable bonds is 4. The number of allylic oxidation sites excluding steroid dienone is 2. The summed E-state index contributed by atoms with van der Waals surface area (Å²) in [5.74, 6) is 1.18. The molecule has 0 amide bonds. The van der Waals surface area contributed by atoms with Gasteiger partial charge in [0.25, 0.3) is 0 Å². The van der Waals surface area contributed by atoms with E-state index in [2.05, 4.69) is 59.6 Å². The van der Waals surface area contributed by atoms with E-state index in [9.17, 15) is 4.79 Å². The Balaban J connectivity index is 0.000000378.